The molecular weight excluding hydrogens is 385 g/mol. The molecular formula is C20H17Cl2N3O2. The first kappa shape index (κ1) is 19.1. The van der Waals surface area contributed by atoms with Gasteiger partial charge in [-0.25, -0.2) is 14.8 Å². The molecule has 0 atom stereocenters. The Morgan fingerprint density at radius 2 is 1.74 bits per heavy atom. The molecule has 0 saturated carbocycles. The average molecular weight is 402 g/mol. The van der Waals surface area contributed by atoms with Crippen LogP contribution in [0.5, 0.6) is 0 Å². The maximum Gasteiger partial charge on any atom is 0.337 e. The molecule has 27 heavy (non-hydrogen) atoms. The number of aromatic nitrogens is 2. The van der Waals surface area contributed by atoms with Crippen molar-refractivity contribution in [3.05, 3.63) is 75.5 Å². The van der Waals surface area contributed by atoms with E-state index in [1.807, 2.05) is 0 Å². The van der Waals surface area contributed by atoms with Crippen LogP contribution in [0.25, 0.3) is 11.3 Å². The Hall–Kier alpha value is -2.63. The molecule has 2 aromatic carbocycles. The van der Waals surface area contributed by atoms with Crippen molar-refractivity contribution in [1.29, 1.82) is 0 Å². The highest BCUT2D eigenvalue weighted by Crippen LogP contribution is 2.26. The van der Waals surface area contributed by atoms with Gasteiger partial charge in [-0.3, -0.25) is 0 Å². The molecule has 3 rings (SSSR count). The summed E-state index contributed by atoms with van der Waals surface area (Å²) in [5.74, 6) is -0.0182. The molecule has 5 nitrogen and oxygen atoms in total. The monoisotopic (exact) mass is 401 g/mol. The number of benzene rings is 2. The number of nitrogens with zero attached hydrogens (tertiary/aromatic N) is 2. The second-order valence-corrected chi connectivity index (χ2v) is 6.67. The fourth-order valence-electron chi connectivity index (χ4n) is 2.67. The van der Waals surface area contributed by atoms with E-state index in [-0.39, 0.29) is 5.97 Å². The highest BCUT2D eigenvalue weighted by Gasteiger charge is 2.11. The van der Waals surface area contributed by atoms with Gasteiger partial charge < -0.3 is 10.5 Å². The largest absolute Gasteiger partial charge is 0.465 e. The number of hydrogen-bond donors (Lipinski definition) is 1. The fraction of sp³-hybridized carbons (Fsp3) is 0.150. The van der Waals surface area contributed by atoms with Crippen molar-refractivity contribution in [2.45, 2.75) is 12.8 Å². The summed E-state index contributed by atoms with van der Waals surface area (Å²) in [5.41, 5.74) is 9.48. The van der Waals surface area contributed by atoms with Crippen molar-refractivity contribution < 1.29 is 9.53 Å². The van der Waals surface area contributed by atoms with Crippen molar-refractivity contribution in [2.24, 2.45) is 0 Å². The second-order valence-electron chi connectivity index (χ2n) is 5.86. The minimum atomic E-state index is -0.387. The lowest BCUT2D eigenvalue weighted by atomic mass is 10.1. The quantitative estimate of drug-likeness (QED) is 0.631. The third-order valence-electron chi connectivity index (χ3n) is 4.15. The molecule has 138 valence electrons. The molecule has 0 radical (unpaired) electrons. The predicted octanol–water partition coefficient (Wildman–Crippen LogP) is 4.60. The maximum absolute atomic E-state index is 11.5. The van der Waals surface area contributed by atoms with E-state index in [2.05, 4.69) is 9.97 Å². The number of halogens is 2. The Labute approximate surface area is 167 Å². The van der Waals surface area contributed by atoms with Gasteiger partial charge in [0, 0.05) is 15.6 Å². The highest BCUT2D eigenvalue weighted by molar-refractivity contribution is 6.35. The summed E-state index contributed by atoms with van der Waals surface area (Å²) in [6, 6.07) is 12.4. The Bertz CT molecular complexity index is 955. The van der Waals surface area contributed by atoms with Gasteiger partial charge in [-0.1, -0.05) is 41.4 Å². The summed E-state index contributed by atoms with van der Waals surface area (Å²) in [4.78, 5) is 20.4. The van der Waals surface area contributed by atoms with Crippen molar-refractivity contribution in [1.82, 2.24) is 9.97 Å². The molecule has 0 unspecified atom stereocenters. The van der Waals surface area contributed by atoms with Crippen LogP contribution in [0.2, 0.25) is 10.0 Å². The molecule has 7 heteroatoms. The normalized spacial score (nSPS) is 10.6. The van der Waals surface area contributed by atoms with Crippen LogP contribution in [-0.2, 0) is 17.6 Å². The molecule has 0 spiro atoms. The molecule has 0 aliphatic heterocycles. The van der Waals surface area contributed by atoms with E-state index in [0.717, 1.165) is 11.1 Å². The molecule has 0 amide bonds. The maximum atomic E-state index is 11.5. The lowest BCUT2D eigenvalue weighted by molar-refractivity contribution is 0.0601. The second kappa shape index (κ2) is 8.37. The first-order chi connectivity index (χ1) is 13.0. The van der Waals surface area contributed by atoms with Crippen LogP contribution in [0.4, 0.5) is 5.82 Å². The number of nitrogens with two attached hydrogens (primary N) is 1. The zero-order valence-electron chi connectivity index (χ0n) is 14.6. The Balaban J connectivity index is 1.83. The number of aryl methyl sites for hydroxylation is 1. The summed E-state index contributed by atoms with van der Waals surface area (Å²) in [7, 11) is 1.35. The molecule has 0 fully saturated rings. The first-order valence-electron chi connectivity index (χ1n) is 8.22. The third kappa shape index (κ3) is 4.38. The van der Waals surface area contributed by atoms with Gasteiger partial charge in [0.15, 0.2) is 0 Å². The Kier molecular flexibility index (Phi) is 5.94. The predicted molar refractivity (Wildman–Crippen MR) is 107 cm³/mol. The van der Waals surface area contributed by atoms with Crippen molar-refractivity contribution in [3.63, 3.8) is 0 Å². The van der Waals surface area contributed by atoms with Gasteiger partial charge in [0.25, 0.3) is 0 Å². The topological polar surface area (TPSA) is 78.1 Å². The molecule has 2 N–H and O–H groups in total. The van der Waals surface area contributed by atoms with Crippen LogP contribution in [0, 0.1) is 0 Å². The smallest absolute Gasteiger partial charge is 0.337 e. The molecule has 3 aromatic rings. The highest BCUT2D eigenvalue weighted by atomic mass is 35.5. The van der Waals surface area contributed by atoms with Crippen LogP contribution in [0.1, 0.15) is 21.6 Å². The summed E-state index contributed by atoms with van der Waals surface area (Å²) >= 11 is 12.5. The number of rotatable bonds is 5. The van der Waals surface area contributed by atoms with Crippen molar-refractivity contribution in [2.75, 3.05) is 12.8 Å². The average Bonchev–Trinajstić information content (AvgIpc) is 2.68. The zero-order valence-corrected chi connectivity index (χ0v) is 16.1. The number of carbonyl (C=O) groups is 1. The van der Waals surface area contributed by atoms with Crippen molar-refractivity contribution >= 4 is 35.0 Å². The van der Waals surface area contributed by atoms with E-state index in [0.29, 0.717) is 45.7 Å². The zero-order chi connectivity index (χ0) is 19.4. The number of carbonyl (C=O) groups excluding carboxylic acids is 1. The molecule has 1 aromatic heterocycles. The van der Waals surface area contributed by atoms with E-state index in [1.165, 1.54) is 7.11 Å². The van der Waals surface area contributed by atoms with E-state index >= 15 is 0 Å². The van der Waals surface area contributed by atoms with Gasteiger partial charge in [0.2, 0.25) is 0 Å². The Morgan fingerprint density at radius 1 is 1.07 bits per heavy atom. The number of anilines is 1. The summed E-state index contributed by atoms with van der Waals surface area (Å²) in [6.07, 6.45) is 2.76. The minimum absolute atomic E-state index is 0.369. The van der Waals surface area contributed by atoms with Gasteiger partial charge >= 0.3 is 5.97 Å². The van der Waals surface area contributed by atoms with E-state index < -0.39 is 0 Å². The van der Waals surface area contributed by atoms with Crippen molar-refractivity contribution in [3.8, 4) is 11.3 Å². The van der Waals surface area contributed by atoms with Gasteiger partial charge in [0.05, 0.1) is 30.3 Å². The standard InChI is InChI=1S/C20H17Cl2N3O2/c1-27-20(26)13-7-5-12(6-8-13)18-11-24-19(23)17(25-18)10-9-14-15(21)3-2-4-16(14)22/h2-8,11H,9-10H2,1H3,(H2,23,24). The molecule has 0 aliphatic rings. The summed E-state index contributed by atoms with van der Waals surface area (Å²) in [5, 5.41) is 1.23. The third-order valence-corrected chi connectivity index (χ3v) is 4.86. The number of methoxy groups -OCH3 is 1. The van der Waals surface area contributed by atoms with Crippen LogP contribution in [0.3, 0.4) is 0 Å². The summed E-state index contributed by atoms with van der Waals surface area (Å²) in [6.45, 7) is 0. The fourth-order valence-corrected chi connectivity index (χ4v) is 3.26. The number of hydrogen-bond acceptors (Lipinski definition) is 5. The van der Waals surface area contributed by atoms with Crippen LogP contribution >= 0.6 is 23.2 Å². The first-order valence-corrected chi connectivity index (χ1v) is 8.98. The van der Waals surface area contributed by atoms with E-state index in [9.17, 15) is 4.79 Å². The van der Waals surface area contributed by atoms with E-state index in [4.69, 9.17) is 33.7 Å². The lowest BCUT2D eigenvalue weighted by Crippen LogP contribution is -2.05. The van der Waals surface area contributed by atoms with Gasteiger partial charge in [-0.2, -0.15) is 0 Å². The SMILES string of the molecule is COC(=O)c1ccc(-c2cnc(N)c(CCc3c(Cl)cccc3Cl)n2)cc1. The summed E-state index contributed by atoms with van der Waals surface area (Å²) < 4.78 is 4.70. The van der Waals surface area contributed by atoms with Crippen LogP contribution in [-0.4, -0.2) is 23.0 Å². The van der Waals surface area contributed by atoms with Gasteiger partial charge in [-0.15, -0.1) is 0 Å². The molecule has 0 aliphatic carbocycles. The number of esters is 1. The lowest BCUT2D eigenvalue weighted by Gasteiger charge is -2.10. The van der Waals surface area contributed by atoms with Crippen LogP contribution in [0.15, 0.2) is 48.7 Å². The van der Waals surface area contributed by atoms with Gasteiger partial charge in [0.1, 0.15) is 5.82 Å². The Morgan fingerprint density at radius 3 is 2.37 bits per heavy atom. The number of nitrogen functional groups attached to an aromatic ring is 1. The van der Waals surface area contributed by atoms with Gasteiger partial charge in [-0.05, 0) is 42.7 Å². The molecule has 1 heterocycles. The molecule has 0 bridgehead atoms. The van der Waals surface area contributed by atoms with E-state index in [1.54, 1.807) is 48.7 Å². The minimum Gasteiger partial charge on any atom is -0.465 e. The molecule has 0 saturated heterocycles. The number of ether oxygens (including phenoxy) is 1. The van der Waals surface area contributed by atoms with Crippen LogP contribution < -0.4 is 5.73 Å².